The summed E-state index contributed by atoms with van der Waals surface area (Å²) in [5.74, 6) is 0.705. The first-order valence-electron chi connectivity index (χ1n) is 11.0. The van der Waals surface area contributed by atoms with Crippen molar-refractivity contribution in [3.8, 4) is 0 Å². The van der Waals surface area contributed by atoms with Gasteiger partial charge in [-0.3, -0.25) is 0 Å². The molecule has 5 heterocycles. The van der Waals surface area contributed by atoms with E-state index in [4.69, 9.17) is 9.73 Å². The van der Waals surface area contributed by atoms with E-state index in [0.29, 0.717) is 32.0 Å². The van der Waals surface area contributed by atoms with E-state index in [-0.39, 0.29) is 18.2 Å². The van der Waals surface area contributed by atoms with E-state index in [0.717, 1.165) is 27.7 Å². The lowest BCUT2D eigenvalue weighted by atomic mass is 10.1. The van der Waals surface area contributed by atoms with Gasteiger partial charge in [0, 0.05) is 43.4 Å². The Morgan fingerprint density at radius 3 is 2.75 bits per heavy atom. The van der Waals surface area contributed by atoms with Crippen molar-refractivity contribution in [1.29, 1.82) is 0 Å². The van der Waals surface area contributed by atoms with Crippen LogP contribution in [-0.4, -0.2) is 62.2 Å². The van der Waals surface area contributed by atoms with Gasteiger partial charge in [-0.1, -0.05) is 0 Å². The third-order valence-electron chi connectivity index (χ3n) is 6.19. The van der Waals surface area contributed by atoms with Crippen LogP contribution in [-0.2, 0) is 24.8 Å². The number of urea groups is 1. The van der Waals surface area contributed by atoms with Gasteiger partial charge in [0.15, 0.2) is 5.82 Å². The highest BCUT2D eigenvalue weighted by Gasteiger charge is 2.32. The first kappa shape index (κ1) is 21.1. The average Bonchev–Trinajstić information content (AvgIpc) is 3.14. The second-order valence-corrected chi connectivity index (χ2v) is 9.83. The lowest BCUT2D eigenvalue weighted by Crippen LogP contribution is -2.53. The van der Waals surface area contributed by atoms with E-state index in [9.17, 15) is 4.79 Å². The highest BCUT2D eigenvalue weighted by Crippen LogP contribution is 2.38. The van der Waals surface area contributed by atoms with Crippen molar-refractivity contribution in [2.45, 2.75) is 45.9 Å². The highest BCUT2D eigenvalue weighted by atomic mass is 32.1. The van der Waals surface area contributed by atoms with Crippen LogP contribution in [0.2, 0.25) is 0 Å². The summed E-state index contributed by atoms with van der Waals surface area (Å²) in [6, 6.07) is 4.14. The van der Waals surface area contributed by atoms with Crippen LogP contribution in [0.3, 0.4) is 0 Å². The Labute approximate surface area is 191 Å². The lowest BCUT2D eigenvalue weighted by Gasteiger charge is -2.39. The van der Waals surface area contributed by atoms with Crippen molar-refractivity contribution < 1.29 is 9.53 Å². The quantitative estimate of drug-likeness (QED) is 0.568. The number of thiophene rings is 1. The van der Waals surface area contributed by atoms with E-state index >= 15 is 0 Å². The summed E-state index contributed by atoms with van der Waals surface area (Å²) >= 11 is 1.65. The molecule has 9 heteroatoms. The molecule has 3 aromatic heterocycles. The number of rotatable bonds is 1. The summed E-state index contributed by atoms with van der Waals surface area (Å²) in [5.41, 5.74) is 2.36. The zero-order valence-corrected chi connectivity index (χ0v) is 19.7. The number of aromatic nitrogens is 3. The average molecular weight is 453 g/mol. The van der Waals surface area contributed by atoms with Crippen molar-refractivity contribution >= 4 is 33.4 Å². The lowest BCUT2D eigenvalue weighted by molar-refractivity contribution is -0.0585. The smallest absolute Gasteiger partial charge is 0.320 e. The molecule has 2 unspecified atom stereocenters. The summed E-state index contributed by atoms with van der Waals surface area (Å²) in [5, 5.41) is 1.91. The number of carbonyl (C=O) groups is 1. The van der Waals surface area contributed by atoms with Gasteiger partial charge in [0.2, 0.25) is 0 Å². The van der Waals surface area contributed by atoms with Gasteiger partial charge in [-0.25, -0.2) is 19.8 Å². The van der Waals surface area contributed by atoms with Gasteiger partial charge in [-0.05, 0) is 44.9 Å². The van der Waals surface area contributed by atoms with Crippen molar-refractivity contribution in [3.63, 3.8) is 0 Å². The van der Waals surface area contributed by atoms with Crippen molar-refractivity contribution in [1.82, 2.24) is 24.3 Å². The third kappa shape index (κ3) is 3.91. The van der Waals surface area contributed by atoms with Crippen LogP contribution >= 0.6 is 11.3 Å². The largest absolute Gasteiger partial charge is 0.372 e. The number of hydrogen-bond acceptors (Lipinski definition) is 6. The molecule has 0 bridgehead atoms. The molecule has 0 aliphatic carbocycles. The Bertz CT molecular complexity index is 1240. The first-order chi connectivity index (χ1) is 15.4. The molecule has 3 aromatic rings. The Kier molecular flexibility index (Phi) is 5.46. The number of morpholine rings is 1. The maximum atomic E-state index is 13.2. The number of carbonyl (C=O) groups excluding carboxylic acids is 1. The molecule has 0 aromatic carbocycles. The van der Waals surface area contributed by atoms with Gasteiger partial charge in [0.1, 0.15) is 11.2 Å². The van der Waals surface area contributed by atoms with Crippen LogP contribution < -0.4 is 5.36 Å². The number of amides is 2. The fourth-order valence-electron chi connectivity index (χ4n) is 4.55. The molecule has 5 rings (SSSR count). The molecular formula is C23H28N6O2S. The molecule has 1 fully saturated rings. The zero-order valence-electron chi connectivity index (χ0n) is 18.9. The van der Waals surface area contributed by atoms with Crippen LogP contribution in [0, 0.1) is 6.92 Å². The Morgan fingerprint density at radius 2 is 2.00 bits per heavy atom. The first-order valence-corrected chi connectivity index (χ1v) is 11.8. The molecule has 0 N–H and O–H groups in total. The van der Waals surface area contributed by atoms with Gasteiger partial charge in [-0.2, -0.15) is 0 Å². The topological polar surface area (TPSA) is 75.8 Å². The summed E-state index contributed by atoms with van der Waals surface area (Å²) in [6.45, 7) is 8.68. The van der Waals surface area contributed by atoms with Crippen molar-refractivity contribution in [3.05, 3.63) is 46.1 Å². The molecule has 0 saturated carbocycles. The minimum atomic E-state index is 0.0654. The minimum Gasteiger partial charge on any atom is -0.372 e. The summed E-state index contributed by atoms with van der Waals surface area (Å²) in [4.78, 5) is 33.0. The molecular weight excluding hydrogens is 424 g/mol. The van der Waals surface area contributed by atoms with Gasteiger partial charge in [0.05, 0.1) is 29.5 Å². The van der Waals surface area contributed by atoms with E-state index in [2.05, 4.69) is 27.5 Å². The van der Waals surface area contributed by atoms with Gasteiger partial charge in [-0.15, -0.1) is 11.3 Å². The molecule has 2 aliphatic rings. The number of pyridine rings is 1. The number of ether oxygens (including phenoxy) is 1. The molecule has 8 nitrogen and oxygen atoms in total. The van der Waals surface area contributed by atoms with E-state index in [1.54, 1.807) is 17.7 Å². The van der Waals surface area contributed by atoms with Crippen LogP contribution in [0.1, 0.15) is 30.0 Å². The SMILES string of the molecule is Cc1cc(=Nc2ncnc3sc4c(c23)CCN(C(=O)N2CC(C)OC(C)C2)C4)ccn1C. The molecule has 0 spiro atoms. The summed E-state index contributed by atoms with van der Waals surface area (Å²) in [6.07, 6.45) is 4.51. The highest BCUT2D eigenvalue weighted by molar-refractivity contribution is 7.19. The molecule has 2 amide bonds. The predicted octanol–water partition coefficient (Wildman–Crippen LogP) is 3.16. The molecule has 1 saturated heterocycles. The second kappa shape index (κ2) is 8.29. The molecule has 0 radical (unpaired) electrons. The Hall–Kier alpha value is -2.78. The van der Waals surface area contributed by atoms with Gasteiger partial charge in [0.25, 0.3) is 0 Å². The number of aryl methyl sites for hydroxylation is 2. The number of hydrogen-bond donors (Lipinski definition) is 0. The summed E-state index contributed by atoms with van der Waals surface area (Å²) in [7, 11) is 2.02. The number of fused-ring (bicyclic) bond motifs is 3. The third-order valence-corrected chi connectivity index (χ3v) is 7.32. The van der Waals surface area contributed by atoms with E-state index in [1.165, 1.54) is 10.4 Å². The van der Waals surface area contributed by atoms with Gasteiger partial charge >= 0.3 is 6.03 Å². The van der Waals surface area contributed by atoms with Crippen LogP contribution in [0.15, 0.2) is 29.6 Å². The van der Waals surface area contributed by atoms with Crippen LogP contribution in [0.25, 0.3) is 10.2 Å². The van der Waals surface area contributed by atoms with Crippen molar-refractivity contribution in [2.24, 2.45) is 12.0 Å². The minimum absolute atomic E-state index is 0.0654. The van der Waals surface area contributed by atoms with E-state index < -0.39 is 0 Å². The summed E-state index contributed by atoms with van der Waals surface area (Å²) < 4.78 is 7.85. The fraction of sp³-hybridized carbons (Fsp3) is 0.478. The monoisotopic (exact) mass is 452 g/mol. The molecule has 2 atom stereocenters. The molecule has 2 aliphatic heterocycles. The Balaban J connectivity index is 1.46. The zero-order chi connectivity index (χ0) is 22.4. The Morgan fingerprint density at radius 1 is 1.22 bits per heavy atom. The normalized spacial score (nSPS) is 21.8. The maximum Gasteiger partial charge on any atom is 0.320 e. The van der Waals surface area contributed by atoms with Crippen molar-refractivity contribution in [2.75, 3.05) is 19.6 Å². The van der Waals surface area contributed by atoms with Crippen LogP contribution in [0.5, 0.6) is 0 Å². The van der Waals surface area contributed by atoms with Crippen LogP contribution in [0.4, 0.5) is 10.6 Å². The second-order valence-electron chi connectivity index (χ2n) is 8.75. The van der Waals surface area contributed by atoms with Gasteiger partial charge < -0.3 is 19.1 Å². The fourth-order valence-corrected chi connectivity index (χ4v) is 5.75. The standard InChI is InChI=1S/C23H28N6O2S/c1-14-9-17(5-7-27(14)4)26-21-20-18-6-8-28(12-19(18)32-22(20)25-13-24-21)23(30)29-10-15(2)31-16(3)11-29/h5,7,9,13,15-16H,6,8,10-12H2,1-4H3. The molecule has 168 valence electrons. The number of nitrogens with zero attached hydrogens (tertiary/aromatic N) is 6. The van der Waals surface area contributed by atoms with E-state index in [1.807, 2.05) is 43.0 Å². The predicted molar refractivity (Wildman–Crippen MR) is 124 cm³/mol. The molecule has 32 heavy (non-hydrogen) atoms. The maximum absolute atomic E-state index is 13.2.